The van der Waals surface area contributed by atoms with Crippen molar-refractivity contribution in [2.45, 2.75) is 17.3 Å². The van der Waals surface area contributed by atoms with Gasteiger partial charge in [0.2, 0.25) is 10.0 Å². The minimum absolute atomic E-state index is 0.217. The fourth-order valence-electron chi connectivity index (χ4n) is 1.22. The lowest BCUT2D eigenvalue weighted by Crippen LogP contribution is -2.22. The van der Waals surface area contributed by atoms with Gasteiger partial charge in [0.15, 0.2) is 0 Å². The molecule has 2 rings (SSSR count). The van der Waals surface area contributed by atoms with Crippen LogP contribution in [0.4, 0.5) is 0 Å². The first-order valence-corrected chi connectivity index (χ1v) is 7.23. The molecule has 0 saturated heterocycles. The fraction of sp³-hybridized carbons (Fsp3) is 0.222. The number of aromatic amines is 1. The summed E-state index contributed by atoms with van der Waals surface area (Å²) in [6.07, 6.45) is 3.21. The Bertz CT molecular complexity index is 574. The molecular weight excluding hydrogens is 260 g/mol. The van der Waals surface area contributed by atoms with Gasteiger partial charge in [-0.2, -0.15) is 5.10 Å². The molecule has 0 aliphatic carbocycles. The molecule has 0 spiro atoms. The number of sulfonamides is 1. The lowest BCUT2D eigenvalue weighted by atomic mass is 10.4. The van der Waals surface area contributed by atoms with Crippen LogP contribution in [-0.4, -0.2) is 18.6 Å². The second kappa shape index (κ2) is 4.96. The summed E-state index contributed by atoms with van der Waals surface area (Å²) in [5.41, 5.74) is 7.04. The van der Waals surface area contributed by atoms with Crippen LogP contribution in [0.1, 0.15) is 11.1 Å². The Balaban J connectivity index is 2.08. The predicted octanol–water partition coefficient (Wildman–Crippen LogP) is 0.408. The molecule has 8 heteroatoms. The third kappa shape index (κ3) is 2.91. The molecule has 0 radical (unpaired) electrons. The Hall–Kier alpha value is -1.22. The van der Waals surface area contributed by atoms with E-state index in [1.54, 1.807) is 23.8 Å². The number of nitrogens with one attached hydrogen (secondary N) is 2. The Morgan fingerprint density at radius 2 is 2.29 bits per heavy atom. The minimum Gasteiger partial charge on any atom is -0.326 e. The highest BCUT2D eigenvalue weighted by molar-refractivity contribution is 7.91. The highest BCUT2D eigenvalue weighted by Gasteiger charge is 2.16. The van der Waals surface area contributed by atoms with Crippen LogP contribution in [0.15, 0.2) is 28.0 Å². The molecule has 0 amide bonds. The van der Waals surface area contributed by atoms with Gasteiger partial charge < -0.3 is 5.73 Å². The number of aromatic nitrogens is 2. The lowest BCUT2D eigenvalue weighted by Gasteiger charge is -2.02. The zero-order valence-corrected chi connectivity index (χ0v) is 10.5. The molecule has 6 nitrogen and oxygen atoms in total. The predicted molar refractivity (Wildman–Crippen MR) is 64.8 cm³/mol. The number of thiophene rings is 1. The Labute approximate surface area is 103 Å². The summed E-state index contributed by atoms with van der Waals surface area (Å²) >= 11 is 1.16. The van der Waals surface area contributed by atoms with Gasteiger partial charge in [0.05, 0.1) is 6.20 Å². The van der Waals surface area contributed by atoms with Gasteiger partial charge in [0.1, 0.15) is 4.21 Å². The molecule has 0 aliphatic rings. The van der Waals surface area contributed by atoms with Crippen LogP contribution in [0, 0.1) is 0 Å². The second-order valence-corrected chi connectivity index (χ2v) is 6.31. The molecule has 0 aromatic carbocycles. The highest BCUT2D eigenvalue weighted by Crippen LogP contribution is 2.19. The van der Waals surface area contributed by atoms with Gasteiger partial charge in [-0.25, -0.2) is 13.1 Å². The maximum absolute atomic E-state index is 11.9. The van der Waals surface area contributed by atoms with Gasteiger partial charge in [0, 0.05) is 24.8 Å². The van der Waals surface area contributed by atoms with Crippen LogP contribution in [-0.2, 0) is 23.1 Å². The zero-order chi connectivity index (χ0) is 12.3. The van der Waals surface area contributed by atoms with Crippen molar-refractivity contribution >= 4 is 21.4 Å². The summed E-state index contributed by atoms with van der Waals surface area (Å²) in [7, 11) is -3.45. The standard InChI is InChI=1S/C9H12N4O2S2/c10-2-7-1-9(16-6-7)17(14,15)13-5-8-3-11-12-4-8/h1,3-4,6,13H,2,5,10H2,(H,11,12). The molecule has 2 heterocycles. The van der Waals surface area contributed by atoms with Crippen molar-refractivity contribution in [2.75, 3.05) is 0 Å². The quantitative estimate of drug-likeness (QED) is 0.733. The van der Waals surface area contributed by atoms with Crippen molar-refractivity contribution in [1.29, 1.82) is 0 Å². The Morgan fingerprint density at radius 1 is 1.47 bits per heavy atom. The van der Waals surface area contributed by atoms with E-state index in [0.29, 0.717) is 6.54 Å². The summed E-state index contributed by atoms with van der Waals surface area (Å²) in [5, 5.41) is 8.10. The van der Waals surface area contributed by atoms with Crippen molar-refractivity contribution in [1.82, 2.24) is 14.9 Å². The number of nitrogens with two attached hydrogens (primary N) is 1. The summed E-state index contributed by atoms with van der Waals surface area (Å²) in [4.78, 5) is 0. The van der Waals surface area contributed by atoms with E-state index in [9.17, 15) is 8.42 Å². The number of H-pyrrole nitrogens is 1. The molecule has 0 fully saturated rings. The number of hydrogen-bond acceptors (Lipinski definition) is 5. The Morgan fingerprint density at radius 3 is 2.88 bits per heavy atom. The molecule has 0 aliphatic heterocycles. The van der Waals surface area contributed by atoms with Crippen molar-refractivity contribution in [3.05, 3.63) is 35.0 Å². The third-order valence-corrected chi connectivity index (χ3v) is 5.04. The van der Waals surface area contributed by atoms with E-state index in [-0.39, 0.29) is 10.8 Å². The number of hydrogen-bond donors (Lipinski definition) is 3. The summed E-state index contributed by atoms with van der Waals surface area (Å²) in [6.45, 7) is 0.558. The average molecular weight is 272 g/mol. The van der Waals surface area contributed by atoms with Crippen molar-refractivity contribution < 1.29 is 8.42 Å². The minimum atomic E-state index is -3.45. The first-order chi connectivity index (χ1) is 8.12. The van der Waals surface area contributed by atoms with Gasteiger partial charge in [-0.15, -0.1) is 11.3 Å². The van der Waals surface area contributed by atoms with E-state index >= 15 is 0 Å². The van der Waals surface area contributed by atoms with Gasteiger partial charge in [-0.3, -0.25) is 5.10 Å². The monoisotopic (exact) mass is 272 g/mol. The smallest absolute Gasteiger partial charge is 0.250 e. The molecule has 0 atom stereocenters. The van der Waals surface area contributed by atoms with Crippen LogP contribution in [0.25, 0.3) is 0 Å². The van der Waals surface area contributed by atoms with E-state index in [1.165, 1.54) is 0 Å². The van der Waals surface area contributed by atoms with E-state index in [2.05, 4.69) is 14.9 Å². The van der Waals surface area contributed by atoms with Crippen LogP contribution in [0.3, 0.4) is 0 Å². The first kappa shape index (κ1) is 12.2. The van der Waals surface area contributed by atoms with Gasteiger partial charge in [-0.05, 0) is 17.0 Å². The van der Waals surface area contributed by atoms with E-state index < -0.39 is 10.0 Å². The van der Waals surface area contributed by atoms with Gasteiger partial charge in [0.25, 0.3) is 0 Å². The maximum Gasteiger partial charge on any atom is 0.250 e. The van der Waals surface area contributed by atoms with Crippen molar-refractivity contribution in [3.63, 3.8) is 0 Å². The van der Waals surface area contributed by atoms with Crippen molar-refractivity contribution in [2.24, 2.45) is 5.73 Å². The summed E-state index contributed by atoms with van der Waals surface area (Å²) in [6, 6.07) is 1.59. The van der Waals surface area contributed by atoms with E-state index in [1.807, 2.05) is 0 Å². The fourth-order valence-corrected chi connectivity index (χ4v) is 3.51. The largest absolute Gasteiger partial charge is 0.326 e. The molecule has 92 valence electrons. The van der Waals surface area contributed by atoms with Crippen molar-refractivity contribution in [3.8, 4) is 0 Å². The van der Waals surface area contributed by atoms with Crippen LogP contribution >= 0.6 is 11.3 Å². The molecule has 0 unspecified atom stereocenters. The second-order valence-electron chi connectivity index (χ2n) is 3.41. The third-order valence-electron chi connectivity index (χ3n) is 2.15. The normalized spacial score (nSPS) is 11.8. The van der Waals surface area contributed by atoms with Gasteiger partial charge in [-0.1, -0.05) is 0 Å². The van der Waals surface area contributed by atoms with Gasteiger partial charge >= 0.3 is 0 Å². The maximum atomic E-state index is 11.9. The molecular formula is C9H12N4O2S2. The summed E-state index contributed by atoms with van der Waals surface area (Å²) in [5.74, 6) is 0. The highest BCUT2D eigenvalue weighted by atomic mass is 32.2. The molecule has 0 bridgehead atoms. The van der Waals surface area contributed by atoms with Crippen LogP contribution < -0.4 is 10.5 Å². The number of nitrogens with zero attached hydrogens (tertiary/aromatic N) is 1. The van der Waals surface area contributed by atoms with Crippen LogP contribution in [0.5, 0.6) is 0 Å². The summed E-state index contributed by atoms with van der Waals surface area (Å²) < 4.78 is 26.5. The molecule has 0 saturated carbocycles. The molecule has 17 heavy (non-hydrogen) atoms. The molecule has 2 aromatic rings. The zero-order valence-electron chi connectivity index (χ0n) is 8.88. The average Bonchev–Trinajstić information content (AvgIpc) is 2.98. The first-order valence-electron chi connectivity index (χ1n) is 4.86. The molecule has 2 aromatic heterocycles. The topological polar surface area (TPSA) is 101 Å². The lowest BCUT2D eigenvalue weighted by molar-refractivity contribution is 0.583. The van der Waals surface area contributed by atoms with E-state index in [4.69, 9.17) is 5.73 Å². The SMILES string of the molecule is NCc1csc(S(=O)(=O)NCc2cn[nH]c2)c1. The molecule has 4 N–H and O–H groups in total. The Kier molecular flexibility index (Phi) is 3.57. The van der Waals surface area contributed by atoms with Crippen LogP contribution in [0.2, 0.25) is 0 Å². The number of rotatable bonds is 5. The van der Waals surface area contributed by atoms with E-state index in [0.717, 1.165) is 22.5 Å².